The lowest BCUT2D eigenvalue weighted by molar-refractivity contribution is 0.0955. The molecule has 1 N–H and O–H groups in total. The molecule has 1 amide bonds. The lowest BCUT2D eigenvalue weighted by atomic mass is 10.2. The molecule has 2 aromatic heterocycles. The van der Waals surface area contributed by atoms with E-state index in [2.05, 4.69) is 15.4 Å². The predicted molar refractivity (Wildman–Crippen MR) is 106 cm³/mol. The SMILES string of the molecule is CCNC(=O)c1cccc(Oc2nn3cc(-c4ccc(Cl)cc4)nc3s2)c1. The van der Waals surface area contributed by atoms with Crippen molar-refractivity contribution in [3.8, 4) is 22.2 Å². The number of aromatic nitrogens is 3. The van der Waals surface area contributed by atoms with E-state index in [1.54, 1.807) is 28.8 Å². The highest BCUT2D eigenvalue weighted by atomic mass is 35.5. The summed E-state index contributed by atoms with van der Waals surface area (Å²) in [6.07, 6.45) is 1.84. The summed E-state index contributed by atoms with van der Waals surface area (Å²) in [4.78, 5) is 17.2. The summed E-state index contributed by atoms with van der Waals surface area (Å²) in [6, 6.07) is 14.5. The minimum absolute atomic E-state index is 0.135. The molecule has 0 unspecified atom stereocenters. The van der Waals surface area contributed by atoms with Gasteiger partial charge in [0.2, 0.25) is 4.96 Å². The smallest absolute Gasteiger partial charge is 0.299 e. The third kappa shape index (κ3) is 3.79. The van der Waals surface area contributed by atoms with E-state index in [4.69, 9.17) is 16.3 Å². The third-order valence-electron chi connectivity index (χ3n) is 3.80. The van der Waals surface area contributed by atoms with Gasteiger partial charge in [-0.05, 0) is 48.6 Å². The van der Waals surface area contributed by atoms with Crippen molar-refractivity contribution in [2.45, 2.75) is 6.92 Å². The fourth-order valence-corrected chi connectivity index (χ4v) is 3.43. The van der Waals surface area contributed by atoms with Crippen LogP contribution >= 0.6 is 22.9 Å². The van der Waals surface area contributed by atoms with Crippen molar-refractivity contribution in [1.82, 2.24) is 19.9 Å². The van der Waals surface area contributed by atoms with Gasteiger partial charge in [0, 0.05) is 22.7 Å². The van der Waals surface area contributed by atoms with Crippen LogP contribution in [-0.2, 0) is 0 Å². The average Bonchev–Trinajstić information content (AvgIpc) is 3.21. The van der Waals surface area contributed by atoms with Crippen LogP contribution in [0.2, 0.25) is 5.02 Å². The summed E-state index contributed by atoms with van der Waals surface area (Å²) in [5.74, 6) is 0.415. The van der Waals surface area contributed by atoms with Gasteiger partial charge in [0.25, 0.3) is 11.1 Å². The van der Waals surface area contributed by atoms with E-state index in [1.807, 2.05) is 37.4 Å². The lowest BCUT2D eigenvalue weighted by Crippen LogP contribution is -2.22. The fourth-order valence-electron chi connectivity index (χ4n) is 2.55. The van der Waals surface area contributed by atoms with Gasteiger partial charge >= 0.3 is 0 Å². The Labute approximate surface area is 164 Å². The second-order valence-electron chi connectivity index (χ2n) is 5.72. The molecule has 27 heavy (non-hydrogen) atoms. The summed E-state index contributed by atoms with van der Waals surface area (Å²) in [5, 5.41) is 8.31. The number of carbonyl (C=O) groups excluding carboxylic acids is 1. The predicted octanol–water partition coefficient (Wildman–Crippen LogP) is 4.65. The standard InChI is InChI=1S/C19H15ClN4O2S/c1-2-21-17(25)13-4-3-5-15(10-13)26-19-23-24-11-16(22-18(24)27-19)12-6-8-14(20)9-7-12/h3-11H,2H2,1H3,(H,21,25). The van der Waals surface area contributed by atoms with Crippen molar-refractivity contribution in [1.29, 1.82) is 0 Å². The second kappa shape index (κ2) is 7.38. The van der Waals surface area contributed by atoms with E-state index in [0.29, 0.717) is 28.1 Å². The van der Waals surface area contributed by atoms with Gasteiger partial charge in [-0.1, -0.05) is 29.8 Å². The molecule has 2 heterocycles. The molecular weight excluding hydrogens is 384 g/mol. The van der Waals surface area contributed by atoms with Crippen molar-refractivity contribution in [3.63, 3.8) is 0 Å². The highest BCUT2D eigenvalue weighted by Crippen LogP contribution is 2.29. The van der Waals surface area contributed by atoms with E-state index in [-0.39, 0.29) is 5.91 Å². The largest absolute Gasteiger partial charge is 0.430 e. The maximum Gasteiger partial charge on any atom is 0.299 e. The number of fused-ring (bicyclic) bond motifs is 1. The van der Waals surface area contributed by atoms with E-state index < -0.39 is 0 Å². The molecule has 0 fully saturated rings. The number of halogens is 1. The number of benzene rings is 2. The minimum atomic E-state index is -0.135. The van der Waals surface area contributed by atoms with Crippen LogP contribution in [0.5, 0.6) is 10.9 Å². The zero-order valence-electron chi connectivity index (χ0n) is 14.3. The summed E-state index contributed by atoms with van der Waals surface area (Å²) in [7, 11) is 0. The summed E-state index contributed by atoms with van der Waals surface area (Å²) in [6.45, 7) is 2.45. The van der Waals surface area contributed by atoms with Crippen LogP contribution in [0.15, 0.2) is 54.7 Å². The number of nitrogens with one attached hydrogen (secondary N) is 1. The van der Waals surface area contributed by atoms with Crippen molar-refractivity contribution >= 4 is 33.8 Å². The Morgan fingerprint density at radius 2 is 2.07 bits per heavy atom. The summed E-state index contributed by atoms with van der Waals surface area (Å²) < 4.78 is 7.48. The van der Waals surface area contributed by atoms with Crippen molar-refractivity contribution in [2.24, 2.45) is 0 Å². The zero-order valence-corrected chi connectivity index (χ0v) is 15.9. The van der Waals surface area contributed by atoms with Gasteiger partial charge in [-0.15, -0.1) is 5.10 Å². The Kier molecular flexibility index (Phi) is 4.79. The zero-order chi connectivity index (χ0) is 18.8. The maximum absolute atomic E-state index is 11.9. The van der Waals surface area contributed by atoms with E-state index >= 15 is 0 Å². The number of ether oxygens (including phenoxy) is 1. The van der Waals surface area contributed by atoms with Crippen LogP contribution in [0.1, 0.15) is 17.3 Å². The van der Waals surface area contributed by atoms with E-state index in [9.17, 15) is 4.79 Å². The van der Waals surface area contributed by atoms with Gasteiger partial charge in [-0.3, -0.25) is 4.79 Å². The maximum atomic E-state index is 11.9. The Morgan fingerprint density at radius 3 is 2.81 bits per heavy atom. The molecule has 2 aromatic carbocycles. The molecule has 0 aliphatic rings. The van der Waals surface area contributed by atoms with Crippen LogP contribution in [0.25, 0.3) is 16.2 Å². The summed E-state index contributed by atoms with van der Waals surface area (Å²) >= 11 is 7.25. The van der Waals surface area contributed by atoms with Gasteiger partial charge in [-0.25, -0.2) is 9.50 Å². The molecule has 8 heteroatoms. The van der Waals surface area contributed by atoms with Crippen LogP contribution < -0.4 is 10.1 Å². The monoisotopic (exact) mass is 398 g/mol. The Morgan fingerprint density at radius 1 is 1.26 bits per heavy atom. The van der Waals surface area contributed by atoms with Gasteiger partial charge < -0.3 is 10.1 Å². The Hall–Kier alpha value is -2.90. The number of imidazole rings is 1. The number of nitrogens with zero attached hydrogens (tertiary/aromatic N) is 3. The Balaban J connectivity index is 1.55. The first kappa shape index (κ1) is 17.5. The highest BCUT2D eigenvalue weighted by Gasteiger charge is 2.12. The molecule has 0 spiro atoms. The van der Waals surface area contributed by atoms with Crippen molar-refractivity contribution < 1.29 is 9.53 Å². The summed E-state index contributed by atoms with van der Waals surface area (Å²) in [5.41, 5.74) is 2.32. The number of amides is 1. The minimum Gasteiger partial charge on any atom is -0.430 e. The molecular formula is C19H15ClN4O2S. The molecule has 0 aliphatic heterocycles. The average molecular weight is 399 g/mol. The quantitative estimate of drug-likeness (QED) is 0.531. The molecule has 0 aliphatic carbocycles. The van der Waals surface area contributed by atoms with Crippen molar-refractivity contribution in [2.75, 3.05) is 6.54 Å². The van der Waals surface area contributed by atoms with Crippen LogP contribution in [0.3, 0.4) is 0 Å². The van der Waals surface area contributed by atoms with Gasteiger partial charge in [0.05, 0.1) is 11.9 Å². The van der Waals surface area contributed by atoms with E-state index in [1.165, 1.54) is 11.3 Å². The number of carbonyl (C=O) groups is 1. The van der Waals surface area contributed by atoms with Crippen molar-refractivity contribution in [3.05, 3.63) is 65.3 Å². The molecule has 4 rings (SSSR count). The number of rotatable bonds is 5. The van der Waals surface area contributed by atoms with Gasteiger partial charge in [0.15, 0.2) is 0 Å². The topological polar surface area (TPSA) is 68.5 Å². The molecule has 0 bridgehead atoms. The molecule has 4 aromatic rings. The molecule has 0 saturated heterocycles. The van der Waals surface area contributed by atoms with Gasteiger partial charge in [0.1, 0.15) is 5.75 Å². The lowest BCUT2D eigenvalue weighted by Gasteiger charge is -2.05. The van der Waals surface area contributed by atoms with E-state index in [0.717, 1.165) is 16.2 Å². The number of hydrogen-bond acceptors (Lipinski definition) is 5. The molecule has 136 valence electrons. The highest BCUT2D eigenvalue weighted by molar-refractivity contribution is 7.18. The molecule has 0 saturated carbocycles. The van der Waals surface area contributed by atoms with Gasteiger partial charge in [-0.2, -0.15) is 0 Å². The number of hydrogen-bond donors (Lipinski definition) is 1. The first-order chi connectivity index (χ1) is 13.1. The first-order valence-electron chi connectivity index (χ1n) is 8.30. The first-order valence-corrected chi connectivity index (χ1v) is 9.50. The second-order valence-corrected chi connectivity index (χ2v) is 7.07. The Bertz CT molecular complexity index is 1070. The third-order valence-corrected chi connectivity index (χ3v) is 4.86. The molecule has 0 atom stereocenters. The fraction of sp³-hybridized carbons (Fsp3) is 0.105. The molecule has 0 radical (unpaired) electrons. The van der Waals surface area contributed by atoms with Crippen LogP contribution in [0, 0.1) is 0 Å². The van der Waals surface area contributed by atoms with Crippen LogP contribution in [0.4, 0.5) is 0 Å². The normalized spacial score (nSPS) is 10.9. The molecule has 6 nitrogen and oxygen atoms in total. The van der Waals surface area contributed by atoms with Crippen LogP contribution in [-0.4, -0.2) is 27.0 Å².